The molecule has 0 fully saturated rings. The van der Waals surface area contributed by atoms with Crippen LogP contribution in [0, 0.1) is 0 Å². The number of aliphatic hydroxyl groups excluding tert-OH is 1. The Kier molecular flexibility index (Phi) is 2.00. The summed E-state index contributed by atoms with van der Waals surface area (Å²) in [6.45, 7) is -0.0795. The Labute approximate surface area is 75.6 Å². The summed E-state index contributed by atoms with van der Waals surface area (Å²) < 4.78 is 1.88. The molecule has 0 aliphatic carbocycles. The van der Waals surface area contributed by atoms with Gasteiger partial charge in [-0.3, -0.25) is 0 Å². The summed E-state index contributed by atoms with van der Waals surface area (Å²) >= 11 is 0. The van der Waals surface area contributed by atoms with Crippen molar-refractivity contribution in [3.05, 3.63) is 36.3 Å². The second-order valence-electron chi connectivity index (χ2n) is 2.92. The zero-order valence-electron chi connectivity index (χ0n) is 7.09. The number of nitrogens with zero attached hydrogens (tertiary/aromatic N) is 2. The second-order valence-corrected chi connectivity index (χ2v) is 2.92. The summed E-state index contributed by atoms with van der Waals surface area (Å²) in [6, 6.07) is 5.34. The fourth-order valence-electron chi connectivity index (χ4n) is 1.23. The molecule has 0 bridgehead atoms. The van der Waals surface area contributed by atoms with Gasteiger partial charge in [0.15, 0.2) is 0 Å². The molecule has 0 amide bonds. The minimum Gasteiger partial charge on any atom is -0.394 e. The van der Waals surface area contributed by atoms with Gasteiger partial charge < -0.3 is 15.2 Å². The van der Waals surface area contributed by atoms with Crippen LogP contribution in [0.5, 0.6) is 0 Å². The number of hydrogen-bond acceptors (Lipinski definition) is 3. The first-order valence-corrected chi connectivity index (χ1v) is 4.11. The Balaban J connectivity index is 2.49. The predicted octanol–water partition coefficient (Wildman–Crippen LogP) is 0.326. The highest BCUT2D eigenvalue weighted by atomic mass is 16.3. The van der Waals surface area contributed by atoms with Crippen LogP contribution in [-0.2, 0) is 0 Å². The van der Waals surface area contributed by atoms with Crippen molar-refractivity contribution in [3.63, 3.8) is 0 Å². The molecule has 3 N–H and O–H groups in total. The molecular formula is C9H11N3O. The van der Waals surface area contributed by atoms with E-state index in [1.165, 1.54) is 0 Å². The molecule has 0 saturated carbocycles. The highest BCUT2D eigenvalue weighted by Gasteiger charge is 2.08. The number of imidazole rings is 1. The van der Waals surface area contributed by atoms with Crippen molar-refractivity contribution in [2.24, 2.45) is 5.73 Å². The highest BCUT2D eigenvalue weighted by Crippen LogP contribution is 2.10. The molecule has 4 heteroatoms. The first-order valence-electron chi connectivity index (χ1n) is 4.11. The number of nitrogens with two attached hydrogens (primary N) is 1. The third-order valence-electron chi connectivity index (χ3n) is 1.96. The van der Waals surface area contributed by atoms with Crippen molar-refractivity contribution in [2.75, 3.05) is 6.61 Å². The van der Waals surface area contributed by atoms with Crippen LogP contribution in [0.25, 0.3) is 5.65 Å². The van der Waals surface area contributed by atoms with Gasteiger partial charge in [0.05, 0.1) is 18.3 Å². The van der Waals surface area contributed by atoms with Gasteiger partial charge in [-0.05, 0) is 12.1 Å². The van der Waals surface area contributed by atoms with Gasteiger partial charge in [-0.15, -0.1) is 0 Å². The quantitative estimate of drug-likeness (QED) is 0.694. The number of rotatable bonds is 2. The second kappa shape index (κ2) is 3.16. The average molecular weight is 177 g/mol. The van der Waals surface area contributed by atoms with Crippen LogP contribution in [0.15, 0.2) is 30.6 Å². The van der Waals surface area contributed by atoms with E-state index in [9.17, 15) is 0 Å². The lowest BCUT2D eigenvalue weighted by Gasteiger charge is -2.00. The maximum atomic E-state index is 8.84. The minimum absolute atomic E-state index is 0.0795. The Morgan fingerprint density at radius 3 is 3.08 bits per heavy atom. The molecule has 1 atom stereocenters. The van der Waals surface area contributed by atoms with Crippen LogP contribution in [0.1, 0.15) is 11.7 Å². The standard InChI is InChI=1S/C9H11N3O/c10-7(6-13)8-5-12-4-2-1-3-9(12)11-8/h1-5,7,13H,6,10H2. The van der Waals surface area contributed by atoms with Gasteiger partial charge in [0, 0.05) is 12.4 Å². The zero-order valence-corrected chi connectivity index (χ0v) is 7.09. The van der Waals surface area contributed by atoms with Gasteiger partial charge >= 0.3 is 0 Å². The van der Waals surface area contributed by atoms with Crippen molar-refractivity contribution in [1.29, 1.82) is 0 Å². The first kappa shape index (κ1) is 8.22. The van der Waals surface area contributed by atoms with E-state index in [1.54, 1.807) is 0 Å². The predicted molar refractivity (Wildman–Crippen MR) is 49.2 cm³/mol. The molecule has 13 heavy (non-hydrogen) atoms. The summed E-state index contributed by atoms with van der Waals surface area (Å²) in [6.07, 6.45) is 3.73. The van der Waals surface area contributed by atoms with Crippen molar-refractivity contribution in [3.8, 4) is 0 Å². The summed E-state index contributed by atoms with van der Waals surface area (Å²) in [5, 5.41) is 8.84. The monoisotopic (exact) mass is 177 g/mol. The molecule has 4 nitrogen and oxygen atoms in total. The van der Waals surface area contributed by atoms with Crippen molar-refractivity contribution in [1.82, 2.24) is 9.38 Å². The molecule has 0 aromatic carbocycles. The van der Waals surface area contributed by atoms with Crippen LogP contribution in [0.2, 0.25) is 0 Å². The third kappa shape index (κ3) is 1.41. The van der Waals surface area contributed by atoms with Gasteiger partial charge in [0.25, 0.3) is 0 Å². The van der Waals surface area contributed by atoms with E-state index in [2.05, 4.69) is 4.98 Å². The molecule has 0 aliphatic rings. The van der Waals surface area contributed by atoms with Gasteiger partial charge in [-0.2, -0.15) is 0 Å². The van der Waals surface area contributed by atoms with Crippen LogP contribution in [0.4, 0.5) is 0 Å². The molecule has 2 aromatic rings. The largest absolute Gasteiger partial charge is 0.394 e. The van der Waals surface area contributed by atoms with E-state index in [0.717, 1.165) is 5.65 Å². The van der Waals surface area contributed by atoms with E-state index in [0.29, 0.717) is 5.69 Å². The maximum Gasteiger partial charge on any atom is 0.137 e. The summed E-state index contributed by atoms with van der Waals surface area (Å²) in [4.78, 5) is 4.26. The minimum atomic E-state index is -0.389. The molecule has 0 aliphatic heterocycles. The molecule has 68 valence electrons. The third-order valence-corrected chi connectivity index (χ3v) is 1.96. The Hall–Kier alpha value is -1.39. The van der Waals surface area contributed by atoms with Crippen LogP contribution in [-0.4, -0.2) is 21.1 Å². The van der Waals surface area contributed by atoms with E-state index in [4.69, 9.17) is 10.8 Å². The van der Waals surface area contributed by atoms with Crippen LogP contribution in [0.3, 0.4) is 0 Å². The van der Waals surface area contributed by atoms with Gasteiger partial charge in [0.2, 0.25) is 0 Å². The van der Waals surface area contributed by atoms with Crippen molar-refractivity contribution < 1.29 is 5.11 Å². The Morgan fingerprint density at radius 2 is 2.38 bits per heavy atom. The molecule has 0 saturated heterocycles. The normalized spacial score (nSPS) is 13.4. The SMILES string of the molecule is NC(CO)c1cn2ccccc2n1. The summed E-state index contributed by atoms with van der Waals surface area (Å²) in [7, 11) is 0. The van der Waals surface area contributed by atoms with Gasteiger partial charge in [-0.1, -0.05) is 6.07 Å². The number of hydrogen-bond donors (Lipinski definition) is 2. The number of aliphatic hydroxyl groups is 1. The smallest absolute Gasteiger partial charge is 0.137 e. The summed E-state index contributed by atoms with van der Waals surface area (Å²) in [5.41, 5.74) is 7.20. The summed E-state index contributed by atoms with van der Waals surface area (Å²) in [5.74, 6) is 0. The highest BCUT2D eigenvalue weighted by molar-refractivity contribution is 5.39. The molecule has 2 rings (SSSR count). The molecule has 0 radical (unpaired) electrons. The lowest BCUT2D eigenvalue weighted by Crippen LogP contribution is -2.14. The van der Waals surface area contributed by atoms with Gasteiger partial charge in [-0.25, -0.2) is 4.98 Å². The van der Waals surface area contributed by atoms with E-state index in [-0.39, 0.29) is 12.6 Å². The van der Waals surface area contributed by atoms with E-state index >= 15 is 0 Å². The average Bonchev–Trinajstić information content (AvgIpc) is 2.59. The number of aromatic nitrogens is 2. The number of pyridine rings is 1. The Bertz CT molecular complexity index is 377. The fourth-order valence-corrected chi connectivity index (χ4v) is 1.23. The fraction of sp³-hybridized carbons (Fsp3) is 0.222. The van der Waals surface area contributed by atoms with Crippen molar-refractivity contribution in [2.45, 2.75) is 6.04 Å². The lowest BCUT2D eigenvalue weighted by atomic mass is 10.2. The van der Waals surface area contributed by atoms with E-state index in [1.807, 2.05) is 35.0 Å². The van der Waals surface area contributed by atoms with Crippen LogP contribution < -0.4 is 5.73 Å². The van der Waals surface area contributed by atoms with Gasteiger partial charge in [0.1, 0.15) is 5.65 Å². The molecule has 2 heterocycles. The first-order chi connectivity index (χ1) is 6.31. The Morgan fingerprint density at radius 1 is 1.54 bits per heavy atom. The zero-order chi connectivity index (χ0) is 9.26. The molecule has 2 aromatic heterocycles. The molecular weight excluding hydrogens is 166 g/mol. The topological polar surface area (TPSA) is 63.5 Å². The number of fused-ring (bicyclic) bond motifs is 1. The lowest BCUT2D eigenvalue weighted by molar-refractivity contribution is 0.266. The van der Waals surface area contributed by atoms with Crippen molar-refractivity contribution >= 4 is 5.65 Å². The van der Waals surface area contributed by atoms with Crippen LogP contribution >= 0.6 is 0 Å². The maximum absolute atomic E-state index is 8.84. The molecule has 0 spiro atoms. The van der Waals surface area contributed by atoms with E-state index < -0.39 is 0 Å². The molecule has 1 unspecified atom stereocenters.